The van der Waals surface area contributed by atoms with Gasteiger partial charge in [-0.05, 0) is 47.1 Å². The summed E-state index contributed by atoms with van der Waals surface area (Å²) in [5.41, 5.74) is 7.19. The third kappa shape index (κ3) is 2.96. The molecule has 0 aliphatic rings. The van der Waals surface area contributed by atoms with Crippen LogP contribution in [-0.4, -0.2) is 10.5 Å². The van der Waals surface area contributed by atoms with Gasteiger partial charge in [-0.25, -0.2) is 4.39 Å². The molecular weight excluding hydrogens is 313 g/mol. The quantitative estimate of drug-likeness (QED) is 0.910. The lowest BCUT2D eigenvalue weighted by Crippen LogP contribution is -2.16. The number of nitrogens with zero attached hydrogens (tertiary/aromatic N) is 1. The van der Waals surface area contributed by atoms with Gasteiger partial charge in [0.05, 0.1) is 11.4 Å². The van der Waals surface area contributed by atoms with Gasteiger partial charge in [0.2, 0.25) is 0 Å². The number of benzene rings is 1. The van der Waals surface area contributed by atoms with Crippen LogP contribution in [0.5, 0.6) is 0 Å². The molecule has 1 amide bonds. The standard InChI is InChI=1S/C13H13BrFN3O/c1-2-18-7-9(16)6-12(18)13(19)17-11-4-3-8(15)5-10(11)14/h3-7H,2,16H2,1H3,(H,17,19). The first kappa shape index (κ1) is 13.6. The topological polar surface area (TPSA) is 60.0 Å². The number of nitrogen functional groups attached to an aromatic ring is 1. The van der Waals surface area contributed by atoms with Crippen LogP contribution < -0.4 is 11.1 Å². The molecule has 0 spiro atoms. The van der Waals surface area contributed by atoms with E-state index in [1.165, 1.54) is 18.2 Å². The lowest BCUT2D eigenvalue weighted by atomic mass is 10.3. The molecule has 0 bridgehead atoms. The second-order valence-electron chi connectivity index (χ2n) is 4.02. The number of aryl methyl sites for hydroxylation is 1. The highest BCUT2D eigenvalue weighted by atomic mass is 79.9. The Bertz CT molecular complexity index is 624. The van der Waals surface area contributed by atoms with Crippen molar-refractivity contribution >= 4 is 33.2 Å². The maximum atomic E-state index is 13.0. The van der Waals surface area contributed by atoms with Gasteiger partial charge >= 0.3 is 0 Å². The summed E-state index contributed by atoms with van der Waals surface area (Å²) in [6.45, 7) is 2.56. The summed E-state index contributed by atoms with van der Waals surface area (Å²) in [5.74, 6) is -0.656. The van der Waals surface area contributed by atoms with E-state index < -0.39 is 0 Å². The van der Waals surface area contributed by atoms with Crippen molar-refractivity contribution in [3.63, 3.8) is 0 Å². The molecule has 0 saturated carbocycles. The molecule has 100 valence electrons. The number of hydrogen-bond acceptors (Lipinski definition) is 2. The van der Waals surface area contributed by atoms with Crippen molar-refractivity contribution in [3.8, 4) is 0 Å². The molecular formula is C13H13BrFN3O. The number of anilines is 2. The van der Waals surface area contributed by atoms with Gasteiger partial charge in [0.15, 0.2) is 0 Å². The Hall–Kier alpha value is -1.82. The molecule has 0 fully saturated rings. The number of nitrogens with one attached hydrogen (secondary N) is 1. The normalized spacial score (nSPS) is 10.5. The van der Waals surface area contributed by atoms with E-state index in [1.807, 2.05) is 6.92 Å². The molecule has 1 heterocycles. The second kappa shape index (κ2) is 5.44. The molecule has 0 aliphatic carbocycles. The van der Waals surface area contributed by atoms with Crippen LogP contribution in [0.1, 0.15) is 17.4 Å². The highest BCUT2D eigenvalue weighted by Gasteiger charge is 2.13. The number of carbonyl (C=O) groups is 1. The fraction of sp³-hybridized carbons (Fsp3) is 0.154. The van der Waals surface area contributed by atoms with Crippen LogP contribution in [0.15, 0.2) is 34.9 Å². The van der Waals surface area contributed by atoms with E-state index in [-0.39, 0.29) is 11.7 Å². The number of nitrogens with two attached hydrogens (primary N) is 1. The molecule has 0 unspecified atom stereocenters. The molecule has 0 aliphatic heterocycles. The van der Waals surface area contributed by atoms with Crippen molar-refractivity contribution in [2.75, 3.05) is 11.1 Å². The lowest BCUT2D eigenvalue weighted by molar-refractivity contribution is 0.101. The zero-order chi connectivity index (χ0) is 14.0. The number of aromatic nitrogens is 1. The summed E-state index contributed by atoms with van der Waals surface area (Å²) >= 11 is 3.20. The minimum Gasteiger partial charge on any atom is -0.397 e. The zero-order valence-electron chi connectivity index (χ0n) is 10.3. The van der Waals surface area contributed by atoms with Crippen LogP contribution in [0.2, 0.25) is 0 Å². The van der Waals surface area contributed by atoms with E-state index in [9.17, 15) is 9.18 Å². The van der Waals surface area contributed by atoms with Gasteiger partial charge in [-0.1, -0.05) is 0 Å². The van der Waals surface area contributed by atoms with Gasteiger partial charge in [-0.15, -0.1) is 0 Å². The summed E-state index contributed by atoms with van der Waals surface area (Å²) in [7, 11) is 0. The summed E-state index contributed by atoms with van der Waals surface area (Å²) in [6.07, 6.45) is 1.70. The first-order valence-electron chi connectivity index (χ1n) is 5.73. The van der Waals surface area contributed by atoms with E-state index in [0.717, 1.165) is 0 Å². The van der Waals surface area contributed by atoms with Crippen LogP contribution >= 0.6 is 15.9 Å². The average molecular weight is 326 g/mol. The van der Waals surface area contributed by atoms with Crippen LogP contribution in [0.25, 0.3) is 0 Å². The van der Waals surface area contributed by atoms with Crippen LogP contribution in [0, 0.1) is 5.82 Å². The SMILES string of the molecule is CCn1cc(N)cc1C(=O)Nc1ccc(F)cc1Br. The highest BCUT2D eigenvalue weighted by molar-refractivity contribution is 9.10. The van der Waals surface area contributed by atoms with Crippen molar-refractivity contribution in [1.82, 2.24) is 4.57 Å². The predicted molar refractivity (Wildman–Crippen MR) is 76.6 cm³/mol. The van der Waals surface area contributed by atoms with Gasteiger partial charge < -0.3 is 15.6 Å². The molecule has 3 N–H and O–H groups in total. The van der Waals surface area contributed by atoms with Crippen LogP contribution in [-0.2, 0) is 6.54 Å². The molecule has 0 atom stereocenters. The molecule has 0 radical (unpaired) electrons. The Kier molecular flexibility index (Phi) is 3.90. The predicted octanol–water partition coefficient (Wildman–Crippen LogP) is 3.24. The van der Waals surface area contributed by atoms with Gasteiger partial charge in [-0.3, -0.25) is 4.79 Å². The Balaban J connectivity index is 2.25. The number of rotatable bonds is 3. The monoisotopic (exact) mass is 325 g/mol. The average Bonchev–Trinajstić information content (AvgIpc) is 2.74. The third-order valence-electron chi connectivity index (χ3n) is 2.67. The molecule has 4 nitrogen and oxygen atoms in total. The summed E-state index contributed by atoms with van der Waals surface area (Å²) in [4.78, 5) is 12.1. The number of hydrogen-bond donors (Lipinski definition) is 2. The first-order valence-corrected chi connectivity index (χ1v) is 6.52. The van der Waals surface area contributed by atoms with Gasteiger partial charge in [0.25, 0.3) is 5.91 Å². The molecule has 0 saturated heterocycles. The Morgan fingerprint density at radius 2 is 2.21 bits per heavy atom. The molecule has 2 aromatic rings. The minimum absolute atomic E-state index is 0.286. The smallest absolute Gasteiger partial charge is 0.272 e. The molecule has 1 aromatic heterocycles. The van der Waals surface area contributed by atoms with Crippen molar-refractivity contribution in [3.05, 3.63) is 46.4 Å². The lowest BCUT2D eigenvalue weighted by Gasteiger charge is -2.09. The maximum Gasteiger partial charge on any atom is 0.272 e. The first-order chi connectivity index (χ1) is 9.01. The molecule has 1 aromatic carbocycles. The van der Waals surface area contributed by atoms with Gasteiger partial charge in [0.1, 0.15) is 11.5 Å². The molecule has 2 rings (SSSR count). The minimum atomic E-state index is -0.369. The second-order valence-corrected chi connectivity index (χ2v) is 4.88. The van der Waals surface area contributed by atoms with E-state index in [2.05, 4.69) is 21.2 Å². The molecule has 6 heteroatoms. The zero-order valence-corrected chi connectivity index (χ0v) is 11.9. The number of halogens is 2. The summed E-state index contributed by atoms with van der Waals surface area (Å²) in [6, 6.07) is 5.69. The number of amides is 1. The van der Waals surface area contributed by atoms with E-state index in [4.69, 9.17) is 5.73 Å². The number of carbonyl (C=O) groups excluding carboxylic acids is 1. The van der Waals surface area contributed by atoms with Crippen molar-refractivity contribution in [2.45, 2.75) is 13.5 Å². The van der Waals surface area contributed by atoms with E-state index >= 15 is 0 Å². The van der Waals surface area contributed by atoms with E-state index in [0.29, 0.717) is 28.1 Å². The van der Waals surface area contributed by atoms with Gasteiger partial charge in [0, 0.05) is 17.2 Å². The molecule has 19 heavy (non-hydrogen) atoms. The largest absolute Gasteiger partial charge is 0.397 e. The van der Waals surface area contributed by atoms with Crippen LogP contribution in [0.4, 0.5) is 15.8 Å². The highest BCUT2D eigenvalue weighted by Crippen LogP contribution is 2.24. The summed E-state index contributed by atoms with van der Waals surface area (Å²) < 4.78 is 15.2. The van der Waals surface area contributed by atoms with Crippen molar-refractivity contribution in [2.24, 2.45) is 0 Å². The van der Waals surface area contributed by atoms with Crippen molar-refractivity contribution < 1.29 is 9.18 Å². The fourth-order valence-electron chi connectivity index (χ4n) is 1.76. The van der Waals surface area contributed by atoms with E-state index in [1.54, 1.807) is 16.8 Å². The van der Waals surface area contributed by atoms with Crippen LogP contribution in [0.3, 0.4) is 0 Å². The van der Waals surface area contributed by atoms with Crippen molar-refractivity contribution in [1.29, 1.82) is 0 Å². The Morgan fingerprint density at radius 3 is 2.84 bits per heavy atom. The maximum absolute atomic E-state index is 13.0. The Morgan fingerprint density at radius 1 is 1.47 bits per heavy atom. The fourth-order valence-corrected chi connectivity index (χ4v) is 2.21. The van der Waals surface area contributed by atoms with Gasteiger partial charge in [-0.2, -0.15) is 0 Å². The Labute approximate surface area is 118 Å². The summed E-state index contributed by atoms with van der Waals surface area (Å²) in [5, 5.41) is 2.71. The third-order valence-corrected chi connectivity index (χ3v) is 3.33.